The first-order valence-corrected chi connectivity index (χ1v) is 6.37. The molecule has 1 aromatic rings. The summed E-state index contributed by atoms with van der Waals surface area (Å²) in [5, 5.41) is 9.54. The number of aliphatic carboxylic acids is 1. The maximum absolute atomic E-state index is 10.7. The van der Waals surface area contributed by atoms with Crippen LogP contribution in [-0.2, 0) is 4.79 Å². The molecule has 0 amide bonds. The van der Waals surface area contributed by atoms with Crippen LogP contribution in [0.25, 0.3) is 0 Å². The lowest BCUT2D eigenvalue weighted by Gasteiger charge is -2.24. The second kappa shape index (κ2) is 5.59. The Balaban J connectivity index is 2.00. The average molecular weight is 269 g/mol. The predicted octanol–water partition coefficient (Wildman–Crippen LogP) is 1.94. The van der Waals surface area contributed by atoms with E-state index in [1.807, 2.05) is 36.2 Å². The fraction of sp³-hybridized carbons (Fsp3) is 0.462. The highest BCUT2D eigenvalue weighted by molar-refractivity contribution is 6.33. The van der Waals surface area contributed by atoms with Gasteiger partial charge in [0, 0.05) is 19.1 Å². The van der Waals surface area contributed by atoms with Gasteiger partial charge in [0.25, 0.3) is 0 Å². The van der Waals surface area contributed by atoms with E-state index in [0.717, 1.165) is 30.2 Å². The van der Waals surface area contributed by atoms with Gasteiger partial charge in [-0.15, -0.1) is 0 Å². The van der Waals surface area contributed by atoms with E-state index >= 15 is 0 Å². The molecule has 1 unspecified atom stereocenters. The highest BCUT2D eigenvalue weighted by Crippen LogP contribution is 2.29. The topological polar surface area (TPSA) is 43.8 Å². The number of rotatable bonds is 4. The summed E-state index contributed by atoms with van der Waals surface area (Å²) in [6, 6.07) is 8.04. The summed E-state index contributed by atoms with van der Waals surface area (Å²) in [7, 11) is 1.86. The van der Waals surface area contributed by atoms with E-state index in [0.29, 0.717) is 0 Å². The maximum Gasteiger partial charge on any atom is 0.317 e. The summed E-state index contributed by atoms with van der Waals surface area (Å²) in [6.07, 6.45) is 0.967. The fourth-order valence-corrected chi connectivity index (χ4v) is 2.63. The summed E-state index contributed by atoms with van der Waals surface area (Å²) < 4.78 is 0. The van der Waals surface area contributed by atoms with E-state index in [9.17, 15) is 4.79 Å². The molecular formula is C13H17ClN2O2. The summed E-state index contributed by atoms with van der Waals surface area (Å²) in [5.41, 5.74) is 1.03. The molecule has 1 N–H and O–H groups in total. The van der Waals surface area contributed by atoms with Crippen LogP contribution in [0.4, 0.5) is 5.69 Å². The van der Waals surface area contributed by atoms with Crippen LogP contribution in [0.3, 0.4) is 0 Å². The largest absolute Gasteiger partial charge is 0.480 e. The average Bonchev–Trinajstić information content (AvgIpc) is 2.78. The quantitative estimate of drug-likeness (QED) is 0.906. The van der Waals surface area contributed by atoms with Crippen molar-refractivity contribution in [3.8, 4) is 0 Å². The van der Waals surface area contributed by atoms with Crippen molar-refractivity contribution in [1.29, 1.82) is 0 Å². The summed E-state index contributed by atoms with van der Waals surface area (Å²) in [6.45, 7) is 1.83. The van der Waals surface area contributed by atoms with Gasteiger partial charge in [-0.3, -0.25) is 9.69 Å². The molecule has 0 radical (unpaired) electrons. The molecule has 0 bridgehead atoms. The van der Waals surface area contributed by atoms with E-state index in [4.69, 9.17) is 16.7 Å². The van der Waals surface area contributed by atoms with Crippen LogP contribution in [0.15, 0.2) is 24.3 Å². The van der Waals surface area contributed by atoms with Gasteiger partial charge < -0.3 is 10.0 Å². The Morgan fingerprint density at radius 1 is 1.56 bits per heavy atom. The van der Waals surface area contributed by atoms with Crippen molar-refractivity contribution in [2.24, 2.45) is 0 Å². The normalized spacial score (nSPS) is 19.5. The van der Waals surface area contributed by atoms with Gasteiger partial charge in [0.05, 0.1) is 17.3 Å². The molecule has 1 aliphatic heterocycles. The van der Waals surface area contributed by atoms with E-state index in [2.05, 4.69) is 4.90 Å². The zero-order valence-electron chi connectivity index (χ0n) is 10.3. The van der Waals surface area contributed by atoms with Crippen LogP contribution in [0, 0.1) is 0 Å². The van der Waals surface area contributed by atoms with Crippen molar-refractivity contribution < 1.29 is 9.90 Å². The van der Waals surface area contributed by atoms with E-state index in [-0.39, 0.29) is 12.6 Å². The Kier molecular flexibility index (Phi) is 4.09. The Bertz CT molecular complexity index is 439. The van der Waals surface area contributed by atoms with Gasteiger partial charge in [0.2, 0.25) is 0 Å². The minimum atomic E-state index is -0.784. The lowest BCUT2D eigenvalue weighted by Crippen LogP contribution is -2.37. The standard InChI is InChI=1S/C13H17ClN2O2/c1-15(9-13(17)18)10-6-7-16(8-10)12-5-3-2-4-11(12)14/h2-5,10H,6-9H2,1H3,(H,17,18). The third kappa shape index (κ3) is 2.94. The molecular weight excluding hydrogens is 252 g/mol. The number of benzene rings is 1. The summed E-state index contributed by atoms with van der Waals surface area (Å²) in [5.74, 6) is -0.784. The van der Waals surface area contributed by atoms with Crippen molar-refractivity contribution in [1.82, 2.24) is 4.90 Å². The predicted molar refractivity (Wildman–Crippen MR) is 72.3 cm³/mol. The number of carbonyl (C=O) groups is 1. The van der Waals surface area contributed by atoms with Gasteiger partial charge >= 0.3 is 5.97 Å². The second-order valence-electron chi connectivity index (χ2n) is 4.65. The van der Waals surface area contributed by atoms with Crippen LogP contribution in [-0.4, -0.2) is 48.7 Å². The number of halogens is 1. The minimum absolute atomic E-state index is 0.0844. The SMILES string of the molecule is CN(CC(=O)O)C1CCN(c2ccccc2Cl)C1. The van der Waals surface area contributed by atoms with Crippen molar-refractivity contribution in [2.45, 2.75) is 12.5 Å². The van der Waals surface area contributed by atoms with Crippen LogP contribution >= 0.6 is 11.6 Å². The van der Waals surface area contributed by atoms with Crippen LogP contribution in [0.2, 0.25) is 5.02 Å². The van der Waals surface area contributed by atoms with Gasteiger partial charge in [0.15, 0.2) is 0 Å². The molecule has 1 atom stereocenters. The van der Waals surface area contributed by atoms with Crippen molar-refractivity contribution in [2.75, 3.05) is 31.6 Å². The molecule has 4 nitrogen and oxygen atoms in total. The second-order valence-corrected chi connectivity index (χ2v) is 5.06. The molecule has 5 heteroatoms. The number of likely N-dealkylation sites (N-methyl/N-ethyl adjacent to an activating group) is 1. The molecule has 1 heterocycles. The third-order valence-corrected chi connectivity index (χ3v) is 3.68. The fourth-order valence-electron chi connectivity index (χ4n) is 2.37. The molecule has 18 heavy (non-hydrogen) atoms. The van der Waals surface area contributed by atoms with Gasteiger partial charge in [-0.1, -0.05) is 23.7 Å². The number of carboxylic acid groups (broad SMARTS) is 1. The molecule has 0 aromatic heterocycles. The number of para-hydroxylation sites is 1. The van der Waals surface area contributed by atoms with Gasteiger partial charge in [-0.05, 0) is 25.6 Å². The van der Waals surface area contributed by atoms with Crippen molar-refractivity contribution >= 4 is 23.3 Å². The van der Waals surface area contributed by atoms with E-state index in [1.54, 1.807) is 0 Å². The van der Waals surface area contributed by atoms with Gasteiger partial charge in [-0.25, -0.2) is 0 Å². The molecule has 0 aliphatic carbocycles. The first-order chi connectivity index (χ1) is 8.58. The number of hydrogen-bond donors (Lipinski definition) is 1. The van der Waals surface area contributed by atoms with Gasteiger partial charge in [0.1, 0.15) is 0 Å². The van der Waals surface area contributed by atoms with Crippen molar-refractivity contribution in [3.05, 3.63) is 29.3 Å². The van der Waals surface area contributed by atoms with Crippen LogP contribution in [0.1, 0.15) is 6.42 Å². The lowest BCUT2D eigenvalue weighted by molar-refractivity contribution is -0.138. The lowest BCUT2D eigenvalue weighted by atomic mass is 10.2. The molecule has 1 saturated heterocycles. The Hall–Kier alpha value is -1.26. The van der Waals surface area contributed by atoms with E-state index in [1.165, 1.54) is 0 Å². The minimum Gasteiger partial charge on any atom is -0.480 e. The number of carboxylic acids is 1. The third-order valence-electron chi connectivity index (χ3n) is 3.36. The Morgan fingerprint density at radius 2 is 2.28 bits per heavy atom. The highest BCUT2D eigenvalue weighted by atomic mass is 35.5. The molecule has 1 aliphatic rings. The number of hydrogen-bond acceptors (Lipinski definition) is 3. The molecule has 1 aromatic carbocycles. The van der Waals surface area contributed by atoms with Crippen molar-refractivity contribution in [3.63, 3.8) is 0 Å². The highest BCUT2D eigenvalue weighted by Gasteiger charge is 2.27. The first-order valence-electron chi connectivity index (χ1n) is 5.99. The first kappa shape index (κ1) is 13.2. The van der Waals surface area contributed by atoms with Crippen LogP contribution in [0.5, 0.6) is 0 Å². The monoisotopic (exact) mass is 268 g/mol. The summed E-state index contributed by atoms with van der Waals surface area (Å²) in [4.78, 5) is 14.8. The van der Waals surface area contributed by atoms with E-state index < -0.39 is 5.97 Å². The molecule has 2 rings (SSSR count). The van der Waals surface area contributed by atoms with Gasteiger partial charge in [-0.2, -0.15) is 0 Å². The smallest absolute Gasteiger partial charge is 0.317 e. The number of nitrogens with zero attached hydrogens (tertiary/aromatic N) is 2. The zero-order valence-corrected chi connectivity index (χ0v) is 11.1. The molecule has 0 spiro atoms. The van der Waals surface area contributed by atoms with Crippen LogP contribution < -0.4 is 4.90 Å². The number of anilines is 1. The summed E-state index contributed by atoms with van der Waals surface area (Å²) >= 11 is 6.17. The Labute approximate surface area is 112 Å². The maximum atomic E-state index is 10.7. The molecule has 0 saturated carbocycles. The zero-order chi connectivity index (χ0) is 13.1. The molecule has 98 valence electrons. The molecule has 1 fully saturated rings. The Morgan fingerprint density at radius 3 is 2.94 bits per heavy atom.